The van der Waals surface area contributed by atoms with Crippen LogP contribution in [0, 0.1) is 19.3 Å². The first kappa shape index (κ1) is 9.38. The van der Waals surface area contributed by atoms with E-state index in [1.165, 1.54) is 0 Å². The minimum Gasteiger partial charge on any atom is -0.427 e. The van der Waals surface area contributed by atoms with Gasteiger partial charge in [0, 0.05) is 0 Å². The first-order valence-electron chi connectivity index (χ1n) is 4.28. The Morgan fingerprint density at radius 3 is 2.60 bits per heavy atom. The lowest BCUT2D eigenvalue weighted by Crippen LogP contribution is -2.21. The zero-order valence-electron chi connectivity index (χ0n) is 8.31. The summed E-state index contributed by atoms with van der Waals surface area (Å²) in [6, 6.07) is 0. The van der Waals surface area contributed by atoms with E-state index in [0.29, 0.717) is 17.1 Å². The van der Waals surface area contributed by atoms with Crippen LogP contribution in [0.25, 0.3) is 11.5 Å². The Hall–Kier alpha value is -2.18. The van der Waals surface area contributed by atoms with E-state index < -0.39 is 0 Å². The lowest BCUT2D eigenvalue weighted by atomic mass is 10.3. The van der Waals surface area contributed by atoms with Crippen LogP contribution in [0.2, 0.25) is 0 Å². The van der Waals surface area contributed by atoms with Gasteiger partial charge in [0.15, 0.2) is 11.5 Å². The first-order valence-corrected chi connectivity index (χ1v) is 4.28. The molecule has 0 bridgehead atoms. The number of hydrogen-bond donors (Lipinski definition) is 3. The highest BCUT2D eigenvalue weighted by Crippen LogP contribution is 2.21. The van der Waals surface area contributed by atoms with E-state index in [-0.39, 0.29) is 17.3 Å². The van der Waals surface area contributed by atoms with E-state index in [0.717, 1.165) is 4.73 Å². The maximum Gasteiger partial charge on any atom is 0.246 e. The molecule has 78 valence electrons. The van der Waals surface area contributed by atoms with Gasteiger partial charge in [0.25, 0.3) is 0 Å². The van der Waals surface area contributed by atoms with Gasteiger partial charge in [-0.05, 0) is 13.8 Å². The van der Waals surface area contributed by atoms with E-state index >= 15 is 0 Å². The van der Waals surface area contributed by atoms with Crippen molar-refractivity contribution < 1.29 is 5.21 Å². The van der Waals surface area contributed by atoms with Crippen LogP contribution in [-0.2, 0) is 0 Å². The molecule has 0 unspecified atom stereocenters. The number of aromatic nitrogens is 4. The first-order chi connectivity index (χ1) is 7.00. The third kappa shape index (κ3) is 1.28. The molecule has 0 atom stereocenters. The second-order valence-electron chi connectivity index (χ2n) is 3.20. The summed E-state index contributed by atoms with van der Waals surface area (Å²) in [5.74, 6) is 0.242. The van der Waals surface area contributed by atoms with Crippen LogP contribution >= 0.6 is 0 Å². The van der Waals surface area contributed by atoms with Crippen molar-refractivity contribution in [3.63, 3.8) is 0 Å². The summed E-state index contributed by atoms with van der Waals surface area (Å²) >= 11 is 0. The summed E-state index contributed by atoms with van der Waals surface area (Å²) in [5.41, 5.74) is 6.84. The van der Waals surface area contributed by atoms with Crippen molar-refractivity contribution in [1.82, 2.24) is 19.7 Å². The molecule has 0 aliphatic carbocycles. The summed E-state index contributed by atoms with van der Waals surface area (Å²) in [6.07, 6.45) is 0. The van der Waals surface area contributed by atoms with Gasteiger partial charge in [0.2, 0.25) is 11.4 Å². The minimum atomic E-state index is -0.243. The largest absolute Gasteiger partial charge is 0.427 e. The van der Waals surface area contributed by atoms with Gasteiger partial charge in [0.05, 0.1) is 11.4 Å². The molecule has 2 aliphatic heterocycles. The molecule has 4 N–H and O–H groups in total. The lowest BCUT2D eigenvalue weighted by molar-refractivity contribution is 0.177. The van der Waals surface area contributed by atoms with E-state index in [1.807, 2.05) is 0 Å². The molecule has 0 saturated heterocycles. The van der Waals surface area contributed by atoms with Crippen LogP contribution in [-0.4, -0.2) is 24.9 Å². The molecule has 0 aromatic carbocycles. The van der Waals surface area contributed by atoms with Crippen molar-refractivity contribution in [2.75, 3.05) is 5.73 Å². The van der Waals surface area contributed by atoms with Gasteiger partial charge in [-0.2, -0.15) is 14.7 Å². The van der Waals surface area contributed by atoms with E-state index in [9.17, 15) is 5.21 Å². The van der Waals surface area contributed by atoms with E-state index in [4.69, 9.17) is 11.1 Å². The van der Waals surface area contributed by atoms with Gasteiger partial charge in [-0.15, -0.1) is 0 Å². The molecule has 0 aromatic rings. The molecule has 2 heterocycles. The van der Waals surface area contributed by atoms with Gasteiger partial charge >= 0.3 is 0 Å². The highest BCUT2D eigenvalue weighted by molar-refractivity contribution is 5.64. The summed E-state index contributed by atoms with van der Waals surface area (Å²) in [7, 11) is 0. The van der Waals surface area contributed by atoms with Crippen molar-refractivity contribution in [2.24, 2.45) is 0 Å². The van der Waals surface area contributed by atoms with Gasteiger partial charge < -0.3 is 10.9 Å². The molecule has 15 heavy (non-hydrogen) atoms. The fourth-order valence-corrected chi connectivity index (χ4v) is 1.28. The van der Waals surface area contributed by atoms with Gasteiger partial charge in [-0.25, -0.2) is 4.98 Å². The fraction of sp³-hybridized carbons (Fsp3) is 0.250. The third-order valence-corrected chi connectivity index (χ3v) is 2.21. The molecule has 0 radical (unpaired) electrons. The topological polar surface area (TPSA) is 114 Å². The number of aryl methyl sites for hydroxylation is 1. The SMILES string of the molecule is Cc1nc2c(N)nc(=N)nc-2n(O)c1C. The van der Waals surface area contributed by atoms with E-state index in [2.05, 4.69) is 15.0 Å². The monoisotopic (exact) mass is 206 g/mol. The molecule has 7 heteroatoms. The predicted molar refractivity (Wildman–Crippen MR) is 51.4 cm³/mol. The van der Waals surface area contributed by atoms with E-state index in [1.54, 1.807) is 13.8 Å². The Balaban J connectivity index is 2.98. The van der Waals surface area contributed by atoms with Crippen LogP contribution < -0.4 is 11.4 Å². The molecule has 7 nitrogen and oxygen atoms in total. The van der Waals surface area contributed by atoms with Crippen LogP contribution in [0.3, 0.4) is 0 Å². The van der Waals surface area contributed by atoms with Gasteiger partial charge in [0.1, 0.15) is 0 Å². The third-order valence-electron chi connectivity index (χ3n) is 2.21. The fourth-order valence-electron chi connectivity index (χ4n) is 1.28. The maximum absolute atomic E-state index is 9.74. The molecule has 0 amide bonds. The summed E-state index contributed by atoms with van der Waals surface area (Å²) in [5, 5.41) is 17.0. The highest BCUT2D eigenvalue weighted by atomic mass is 16.5. The quantitative estimate of drug-likeness (QED) is 0.512. The summed E-state index contributed by atoms with van der Waals surface area (Å²) in [4.78, 5) is 11.6. The van der Waals surface area contributed by atoms with Crippen molar-refractivity contribution >= 4 is 5.82 Å². The van der Waals surface area contributed by atoms with Crippen LogP contribution in [0.4, 0.5) is 5.82 Å². The second kappa shape index (κ2) is 2.91. The number of hydrogen-bond acceptors (Lipinski definition) is 6. The average molecular weight is 206 g/mol. The number of anilines is 1. The van der Waals surface area contributed by atoms with Crippen molar-refractivity contribution in [3.8, 4) is 11.5 Å². The minimum absolute atomic E-state index is 0.0934. The zero-order valence-corrected chi connectivity index (χ0v) is 8.31. The number of fused-ring (bicyclic) bond motifs is 1. The predicted octanol–water partition coefficient (Wildman–Crippen LogP) is -0.306. The van der Waals surface area contributed by atoms with Gasteiger partial charge in [-0.3, -0.25) is 5.41 Å². The van der Waals surface area contributed by atoms with Crippen molar-refractivity contribution in [3.05, 3.63) is 17.0 Å². The zero-order chi connectivity index (χ0) is 11.2. The molecule has 2 aliphatic rings. The molecule has 2 rings (SSSR count). The molecule has 0 spiro atoms. The Morgan fingerprint density at radius 2 is 1.93 bits per heavy atom. The Labute approximate surface area is 85.1 Å². The summed E-state index contributed by atoms with van der Waals surface area (Å²) in [6.45, 7) is 3.44. The maximum atomic E-state index is 9.74. The Kier molecular flexibility index (Phi) is 1.82. The highest BCUT2D eigenvalue weighted by Gasteiger charge is 2.17. The molecular weight excluding hydrogens is 196 g/mol. The van der Waals surface area contributed by atoms with Crippen molar-refractivity contribution in [1.29, 1.82) is 5.41 Å². The standard InChI is InChI=1S/C8H10N6O/c1-3-4(2)14(15)7-5(11-3)6(9)12-8(10)13-7/h15H,1-2H3,(H3,9,10,12). The normalized spacial score (nSPS) is 10.8. The molecule has 0 fully saturated rings. The number of rotatable bonds is 0. The Bertz CT molecular complexity index is 560. The average Bonchev–Trinajstić information content (AvgIpc) is 2.17. The van der Waals surface area contributed by atoms with Gasteiger partial charge in [-0.1, -0.05) is 0 Å². The molecule has 0 aromatic heterocycles. The second-order valence-corrected chi connectivity index (χ2v) is 3.20. The van der Waals surface area contributed by atoms with Crippen LogP contribution in [0.1, 0.15) is 11.4 Å². The number of nitrogen functional groups attached to an aromatic ring is 1. The Morgan fingerprint density at radius 1 is 1.27 bits per heavy atom. The number of nitrogens with zero attached hydrogens (tertiary/aromatic N) is 4. The molecular formula is C8H10N6O. The van der Waals surface area contributed by atoms with Crippen LogP contribution in [0.15, 0.2) is 0 Å². The lowest BCUT2D eigenvalue weighted by Gasteiger charge is -2.13. The molecule has 0 saturated carbocycles. The smallest absolute Gasteiger partial charge is 0.246 e. The summed E-state index contributed by atoms with van der Waals surface area (Å²) < 4.78 is 0.869. The van der Waals surface area contributed by atoms with Crippen molar-refractivity contribution in [2.45, 2.75) is 13.8 Å². The number of nitrogens with one attached hydrogen (secondary N) is 1. The number of nitrogens with two attached hydrogens (primary N) is 1. The van der Waals surface area contributed by atoms with Crippen LogP contribution in [0.5, 0.6) is 0 Å².